The largest absolute Gasteiger partial charge is 0.485 e. The zero-order valence-corrected chi connectivity index (χ0v) is 22.6. The highest BCUT2D eigenvalue weighted by molar-refractivity contribution is 5.72. The van der Waals surface area contributed by atoms with Gasteiger partial charge in [-0.1, -0.05) is 63.8 Å². The minimum atomic E-state index is -0.432. The molecule has 0 aliphatic heterocycles. The van der Waals surface area contributed by atoms with E-state index in [-0.39, 0.29) is 17.7 Å². The number of rotatable bonds is 10. The first-order valence-corrected chi connectivity index (χ1v) is 13.0. The molecule has 0 spiro atoms. The number of benzene rings is 2. The van der Waals surface area contributed by atoms with E-state index in [4.69, 9.17) is 14.2 Å². The second kappa shape index (κ2) is 13.8. The van der Waals surface area contributed by atoms with Gasteiger partial charge < -0.3 is 14.2 Å². The maximum absolute atomic E-state index is 15.3. The lowest BCUT2D eigenvalue weighted by Crippen LogP contribution is -2.15. The van der Waals surface area contributed by atoms with Crippen molar-refractivity contribution in [2.75, 3.05) is 14.2 Å². The number of nitrogens with zero attached hydrogens (tertiary/aromatic N) is 1. The normalized spacial score (nSPS) is 13.6. The number of carbonyl (C=O) groups is 1. The maximum atomic E-state index is 15.3. The summed E-state index contributed by atoms with van der Waals surface area (Å²) >= 11 is 0. The average Bonchev–Trinajstić information content (AvgIpc) is 3.79. The highest BCUT2D eigenvalue weighted by atomic mass is 19.1. The molecule has 1 aliphatic carbocycles. The molecule has 198 valence electrons. The quantitative estimate of drug-likeness (QED) is 0.264. The van der Waals surface area contributed by atoms with E-state index >= 15 is 4.39 Å². The molecule has 3 aromatic rings. The first kappa shape index (κ1) is 28.2. The van der Waals surface area contributed by atoms with Gasteiger partial charge >= 0.3 is 5.97 Å². The molecule has 6 heteroatoms. The number of carbonyl (C=O) groups excluding carboxylic acids is 1. The molecular weight excluding hydrogens is 469 g/mol. The summed E-state index contributed by atoms with van der Waals surface area (Å²) < 4.78 is 31.7. The third-order valence-corrected chi connectivity index (χ3v) is 6.20. The monoisotopic (exact) mass is 507 g/mol. The Balaban J connectivity index is 0.00000118. The van der Waals surface area contributed by atoms with Gasteiger partial charge in [-0.05, 0) is 60.2 Å². The van der Waals surface area contributed by atoms with E-state index < -0.39 is 6.10 Å². The van der Waals surface area contributed by atoms with Crippen molar-refractivity contribution >= 4 is 5.97 Å². The highest BCUT2D eigenvalue weighted by Crippen LogP contribution is 2.33. The fraction of sp³-hybridized carbons (Fsp3) is 0.419. The molecule has 1 heterocycles. The number of aromatic nitrogens is 1. The Morgan fingerprint density at radius 1 is 1.03 bits per heavy atom. The number of ether oxygens (including phenoxy) is 3. The summed E-state index contributed by atoms with van der Waals surface area (Å²) in [5.41, 5.74) is 4.01. The molecule has 0 N–H and O–H groups in total. The molecule has 0 amide bonds. The standard InChI is InChI=1S/C28H32FNO4.C3H6/c1-6-7-25(34-26-15-20(9-8-18(26)2)14-19(3)28(31)33-5)23-11-10-21(16-24(23)29)22-12-13-30-27(17-22)32-4;1-2-3-1/h8-13,15-17,19,25H,6-7,14H2,1-5H3;1-3H2. The third-order valence-electron chi connectivity index (χ3n) is 6.20. The molecule has 2 aromatic carbocycles. The van der Waals surface area contributed by atoms with Gasteiger partial charge in [-0.2, -0.15) is 0 Å². The van der Waals surface area contributed by atoms with E-state index in [0.29, 0.717) is 30.0 Å². The third kappa shape index (κ3) is 8.31. The molecule has 1 saturated carbocycles. The molecule has 5 nitrogen and oxygen atoms in total. The van der Waals surface area contributed by atoms with Gasteiger partial charge in [0.2, 0.25) is 5.88 Å². The Hall–Kier alpha value is -3.41. The van der Waals surface area contributed by atoms with Crippen LogP contribution in [0.3, 0.4) is 0 Å². The van der Waals surface area contributed by atoms with Crippen LogP contribution in [0.4, 0.5) is 4.39 Å². The highest BCUT2D eigenvalue weighted by Gasteiger charge is 2.20. The van der Waals surface area contributed by atoms with Crippen molar-refractivity contribution in [3.8, 4) is 22.8 Å². The number of hydrogen-bond acceptors (Lipinski definition) is 5. The van der Waals surface area contributed by atoms with Gasteiger partial charge in [-0.25, -0.2) is 9.37 Å². The zero-order valence-electron chi connectivity index (χ0n) is 22.6. The molecule has 2 atom stereocenters. The number of methoxy groups -OCH3 is 2. The van der Waals surface area contributed by atoms with Crippen molar-refractivity contribution in [2.45, 2.75) is 65.4 Å². The summed E-state index contributed by atoms with van der Waals surface area (Å²) in [5.74, 6) is 0.339. The Morgan fingerprint density at radius 2 is 1.76 bits per heavy atom. The predicted octanol–water partition coefficient (Wildman–Crippen LogP) is 7.65. The SMILES string of the molecule is C1CC1.CCCC(Oc1cc(CC(C)C(=O)OC)ccc1C)c1ccc(-c2ccnc(OC)c2)cc1F. The van der Waals surface area contributed by atoms with Crippen molar-refractivity contribution < 1.29 is 23.4 Å². The fourth-order valence-corrected chi connectivity index (χ4v) is 3.90. The van der Waals surface area contributed by atoms with Gasteiger partial charge in [-0.3, -0.25) is 4.79 Å². The van der Waals surface area contributed by atoms with E-state index in [2.05, 4.69) is 4.98 Å². The minimum absolute atomic E-state index is 0.249. The van der Waals surface area contributed by atoms with Gasteiger partial charge in [0.15, 0.2) is 0 Å². The molecular formula is C31H38FNO4. The van der Waals surface area contributed by atoms with E-state index in [1.165, 1.54) is 32.4 Å². The van der Waals surface area contributed by atoms with Gasteiger partial charge in [0.05, 0.1) is 20.1 Å². The summed E-state index contributed by atoms with van der Waals surface area (Å²) in [6.45, 7) is 5.84. The first-order chi connectivity index (χ1) is 17.9. The van der Waals surface area contributed by atoms with Gasteiger partial charge in [0, 0.05) is 17.8 Å². The van der Waals surface area contributed by atoms with Crippen LogP contribution in [0.15, 0.2) is 54.7 Å². The van der Waals surface area contributed by atoms with Crippen LogP contribution in [-0.2, 0) is 16.0 Å². The van der Waals surface area contributed by atoms with Crippen LogP contribution in [0.1, 0.15) is 68.7 Å². The smallest absolute Gasteiger partial charge is 0.308 e. The van der Waals surface area contributed by atoms with Gasteiger partial charge in [0.1, 0.15) is 17.7 Å². The van der Waals surface area contributed by atoms with E-state index in [0.717, 1.165) is 28.7 Å². The molecule has 2 unspecified atom stereocenters. The predicted molar refractivity (Wildman–Crippen MR) is 144 cm³/mol. The molecule has 1 fully saturated rings. The molecule has 37 heavy (non-hydrogen) atoms. The molecule has 1 aliphatic rings. The lowest BCUT2D eigenvalue weighted by Gasteiger charge is -2.22. The van der Waals surface area contributed by atoms with Crippen molar-refractivity contribution in [1.82, 2.24) is 4.98 Å². The average molecular weight is 508 g/mol. The van der Waals surface area contributed by atoms with Crippen molar-refractivity contribution in [3.05, 3.63) is 77.2 Å². The van der Waals surface area contributed by atoms with E-state index in [1.807, 2.05) is 51.1 Å². The molecule has 0 radical (unpaired) electrons. The van der Waals surface area contributed by atoms with Crippen LogP contribution in [0.25, 0.3) is 11.1 Å². The lowest BCUT2D eigenvalue weighted by molar-refractivity contribution is -0.144. The number of esters is 1. The fourth-order valence-electron chi connectivity index (χ4n) is 3.90. The molecule has 4 rings (SSSR count). The summed E-state index contributed by atoms with van der Waals surface area (Å²) in [6, 6.07) is 14.7. The van der Waals surface area contributed by atoms with Crippen LogP contribution in [0.5, 0.6) is 11.6 Å². The summed E-state index contributed by atoms with van der Waals surface area (Å²) in [6.07, 6.45) is 7.76. The van der Waals surface area contributed by atoms with Crippen molar-refractivity contribution in [1.29, 1.82) is 0 Å². The van der Waals surface area contributed by atoms with Crippen LogP contribution in [-0.4, -0.2) is 25.2 Å². The van der Waals surface area contributed by atoms with Crippen LogP contribution >= 0.6 is 0 Å². The number of aryl methyl sites for hydroxylation is 1. The second-order valence-corrected chi connectivity index (χ2v) is 9.51. The van der Waals surface area contributed by atoms with Crippen LogP contribution < -0.4 is 9.47 Å². The summed E-state index contributed by atoms with van der Waals surface area (Å²) in [4.78, 5) is 15.9. The Bertz CT molecular complexity index is 1170. The number of hydrogen-bond donors (Lipinski definition) is 0. The number of pyridine rings is 1. The first-order valence-electron chi connectivity index (χ1n) is 13.0. The summed E-state index contributed by atoms with van der Waals surface area (Å²) in [5, 5.41) is 0. The van der Waals surface area contributed by atoms with Crippen molar-refractivity contribution in [3.63, 3.8) is 0 Å². The summed E-state index contributed by atoms with van der Waals surface area (Å²) in [7, 11) is 2.94. The van der Waals surface area contributed by atoms with E-state index in [9.17, 15) is 4.79 Å². The van der Waals surface area contributed by atoms with Gasteiger partial charge in [-0.15, -0.1) is 0 Å². The molecule has 1 aromatic heterocycles. The zero-order chi connectivity index (χ0) is 26.8. The topological polar surface area (TPSA) is 57.7 Å². The minimum Gasteiger partial charge on any atom is -0.485 e. The van der Waals surface area contributed by atoms with Crippen LogP contribution in [0, 0.1) is 18.7 Å². The Labute approximate surface area is 220 Å². The molecule has 0 saturated heterocycles. The van der Waals surface area contributed by atoms with Crippen molar-refractivity contribution in [2.24, 2.45) is 5.92 Å². The Morgan fingerprint density at radius 3 is 2.38 bits per heavy atom. The van der Waals surface area contributed by atoms with Gasteiger partial charge in [0.25, 0.3) is 0 Å². The number of halogens is 1. The second-order valence-electron chi connectivity index (χ2n) is 9.51. The maximum Gasteiger partial charge on any atom is 0.308 e. The lowest BCUT2D eigenvalue weighted by atomic mass is 9.98. The van der Waals surface area contributed by atoms with Crippen LogP contribution in [0.2, 0.25) is 0 Å². The molecule has 0 bridgehead atoms. The van der Waals surface area contributed by atoms with E-state index in [1.54, 1.807) is 25.4 Å². The Kier molecular flexibility index (Phi) is 10.5.